The minimum Gasteiger partial charge on any atom is -0.395 e. The van der Waals surface area contributed by atoms with E-state index >= 15 is 0 Å². The molecular formula is C40H54BN2O3. The van der Waals surface area contributed by atoms with Crippen LogP contribution in [0.25, 0.3) is 0 Å². The van der Waals surface area contributed by atoms with Crippen molar-refractivity contribution in [1.29, 1.82) is 0 Å². The highest BCUT2D eigenvalue weighted by molar-refractivity contribution is 5.75. The lowest BCUT2D eigenvalue weighted by atomic mass is 9.88. The van der Waals surface area contributed by atoms with E-state index in [2.05, 4.69) is 134 Å². The Morgan fingerprint density at radius 2 is 1.07 bits per heavy atom. The molecule has 0 spiro atoms. The lowest BCUT2D eigenvalue weighted by Crippen LogP contribution is -2.31. The van der Waals surface area contributed by atoms with Crippen LogP contribution in [0.2, 0.25) is 0 Å². The lowest BCUT2D eigenvalue weighted by Gasteiger charge is -2.27. The van der Waals surface area contributed by atoms with E-state index in [4.69, 9.17) is 14.6 Å². The first-order valence-corrected chi connectivity index (χ1v) is 16.2. The SMILES string of the molecule is C.C[C@H](c1ccccc1)[C@H](NCCO)c1ccccc1.C[C@H](c1ccccc1)[C@H](NCCOC1CCCCO1)c1ccccc1.[B]. The predicted molar refractivity (Wildman–Crippen MR) is 193 cm³/mol. The average molecular weight is 622 g/mol. The molecule has 1 aliphatic heterocycles. The molecular weight excluding hydrogens is 567 g/mol. The number of benzene rings is 4. The maximum atomic E-state index is 9.05. The fourth-order valence-electron chi connectivity index (χ4n) is 5.85. The number of aliphatic hydroxyl groups excluding tert-OH is 1. The van der Waals surface area contributed by atoms with Crippen molar-refractivity contribution < 1.29 is 14.6 Å². The molecule has 1 unspecified atom stereocenters. The third-order valence-corrected chi connectivity index (χ3v) is 8.35. The van der Waals surface area contributed by atoms with Crippen molar-refractivity contribution in [3.05, 3.63) is 144 Å². The first-order valence-electron chi connectivity index (χ1n) is 16.2. The standard InChI is InChI=1S/C22H29NO2.C17H21NO.CH4.B/c1-18(19-10-4-2-5-11-19)22(20-12-6-3-7-13-20)23-15-17-25-21-14-8-9-16-24-21;1-14(15-8-4-2-5-9-15)17(18-12-13-19)16-10-6-3-7-11-16;;/h2-7,10-13,18,21-23H,8-9,14-17H2,1H3;2-11,14,17-19H,12-13H2,1H3;1H4;/t18-,21?,22+;14-,17+;;/m11../s1. The van der Waals surface area contributed by atoms with Gasteiger partial charge in [0.1, 0.15) is 0 Å². The van der Waals surface area contributed by atoms with E-state index in [1.165, 1.54) is 28.7 Å². The Bertz CT molecular complexity index is 1280. The van der Waals surface area contributed by atoms with Crippen molar-refractivity contribution in [3.8, 4) is 0 Å². The molecule has 1 heterocycles. The number of aliphatic hydroxyl groups is 1. The van der Waals surface area contributed by atoms with Crippen LogP contribution in [0, 0.1) is 0 Å². The molecule has 0 aromatic heterocycles. The van der Waals surface area contributed by atoms with Gasteiger partial charge >= 0.3 is 0 Å². The monoisotopic (exact) mass is 621 g/mol. The van der Waals surface area contributed by atoms with Crippen molar-refractivity contribution in [2.45, 2.75) is 70.7 Å². The lowest BCUT2D eigenvalue weighted by molar-refractivity contribution is -0.161. The largest absolute Gasteiger partial charge is 0.395 e. The molecule has 5 atom stereocenters. The smallest absolute Gasteiger partial charge is 0.157 e. The Kier molecular flexibility index (Phi) is 18.9. The van der Waals surface area contributed by atoms with E-state index < -0.39 is 0 Å². The normalized spacial score (nSPS) is 16.7. The van der Waals surface area contributed by atoms with Crippen LogP contribution in [0.5, 0.6) is 0 Å². The summed E-state index contributed by atoms with van der Waals surface area (Å²) < 4.78 is 11.5. The van der Waals surface area contributed by atoms with Gasteiger partial charge in [-0.3, -0.25) is 0 Å². The molecule has 0 aliphatic carbocycles. The summed E-state index contributed by atoms with van der Waals surface area (Å²) in [6, 6.07) is 42.7. The molecule has 4 aromatic rings. The fraction of sp³-hybridized carbons (Fsp3) is 0.400. The summed E-state index contributed by atoms with van der Waals surface area (Å²) >= 11 is 0. The van der Waals surface area contributed by atoms with Crippen LogP contribution in [0.3, 0.4) is 0 Å². The number of ether oxygens (including phenoxy) is 2. The number of rotatable bonds is 14. The van der Waals surface area contributed by atoms with Gasteiger partial charge in [0.2, 0.25) is 0 Å². The summed E-state index contributed by atoms with van der Waals surface area (Å²) in [6.45, 7) is 7.59. The van der Waals surface area contributed by atoms with Gasteiger partial charge in [0.15, 0.2) is 6.29 Å². The molecule has 3 radical (unpaired) electrons. The Labute approximate surface area is 280 Å². The summed E-state index contributed by atoms with van der Waals surface area (Å²) in [7, 11) is 0. The van der Waals surface area contributed by atoms with Gasteiger partial charge < -0.3 is 25.2 Å². The highest BCUT2D eigenvalue weighted by atomic mass is 16.7. The summed E-state index contributed by atoms with van der Waals surface area (Å²) in [6.07, 6.45) is 3.36. The van der Waals surface area contributed by atoms with Gasteiger partial charge in [-0.25, -0.2) is 0 Å². The minimum atomic E-state index is -0.0164. The molecule has 46 heavy (non-hydrogen) atoms. The molecule has 0 amide bonds. The summed E-state index contributed by atoms with van der Waals surface area (Å²) in [5.74, 6) is 0.740. The fourth-order valence-corrected chi connectivity index (χ4v) is 5.85. The van der Waals surface area contributed by atoms with Crippen LogP contribution >= 0.6 is 0 Å². The van der Waals surface area contributed by atoms with Crippen molar-refractivity contribution in [1.82, 2.24) is 10.6 Å². The highest BCUT2D eigenvalue weighted by Crippen LogP contribution is 2.31. The topological polar surface area (TPSA) is 62.8 Å². The maximum absolute atomic E-state index is 9.05. The predicted octanol–water partition coefficient (Wildman–Crippen LogP) is 8.03. The van der Waals surface area contributed by atoms with Gasteiger partial charge in [-0.15, -0.1) is 0 Å². The third kappa shape index (κ3) is 12.5. The zero-order valence-corrected chi connectivity index (χ0v) is 26.9. The second-order valence-corrected chi connectivity index (χ2v) is 11.5. The van der Waals surface area contributed by atoms with Gasteiger partial charge in [-0.1, -0.05) is 143 Å². The number of nitrogens with one attached hydrogen (secondary N) is 2. The average Bonchev–Trinajstić information content (AvgIpc) is 3.10. The molecule has 5 rings (SSSR count). The van der Waals surface area contributed by atoms with Gasteiger partial charge in [0.25, 0.3) is 0 Å². The molecule has 1 saturated heterocycles. The van der Waals surface area contributed by atoms with Gasteiger partial charge in [0, 0.05) is 52.0 Å². The Morgan fingerprint density at radius 3 is 1.46 bits per heavy atom. The zero-order valence-electron chi connectivity index (χ0n) is 26.9. The molecule has 5 nitrogen and oxygen atoms in total. The quantitative estimate of drug-likeness (QED) is 0.0983. The van der Waals surface area contributed by atoms with Crippen LogP contribution < -0.4 is 10.6 Å². The summed E-state index contributed by atoms with van der Waals surface area (Å²) in [5.41, 5.74) is 5.22. The van der Waals surface area contributed by atoms with E-state index in [1.807, 2.05) is 12.1 Å². The first-order chi connectivity index (χ1) is 21.7. The first kappa shape index (κ1) is 38.9. The molecule has 245 valence electrons. The van der Waals surface area contributed by atoms with E-state index in [9.17, 15) is 0 Å². The van der Waals surface area contributed by atoms with Crippen molar-refractivity contribution >= 4 is 8.41 Å². The Morgan fingerprint density at radius 1 is 0.652 bits per heavy atom. The highest BCUT2D eigenvalue weighted by Gasteiger charge is 2.21. The molecule has 0 bridgehead atoms. The summed E-state index contributed by atoms with van der Waals surface area (Å²) in [4.78, 5) is 0. The molecule has 4 aromatic carbocycles. The minimum absolute atomic E-state index is 0. The van der Waals surface area contributed by atoms with E-state index in [-0.39, 0.29) is 40.8 Å². The molecule has 1 aliphatic rings. The van der Waals surface area contributed by atoms with Crippen LogP contribution in [-0.2, 0) is 9.47 Å². The Balaban J connectivity index is 0.000000317. The van der Waals surface area contributed by atoms with Crippen LogP contribution in [0.4, 0.5) is 0 Å². The van der Waals surface area contributed by atoms with Crippen LogP contribution in [-0.4, -0.2) is 52.7 Å². The van der Waals surface area contributed by atoms with Gasteiger partial charge in [-0.05, 0) is 41.5 Å². The van der Waals surface area contributed by atoms with Crippen molar-refractivity contribution in [2.24, 2.45) is 0 Å². The van der Waals surface area contributed by atoms with Crippen LogP contribution in [0.15, 0.2) is 121 Å². The van der Waals surface area contributed by atoms with Gasteiger partial charge in [0.05, 0.1) is 13.2 Å². The van der Waals surface area contributed by atoms with Crippen LogP contribution in [0.1, 0.15) is 86.7 Å². The van der Waals surface area contributed by atoms with E-state index in [0.29, 0.717) is 25.0 Å². The van der Waals surface area contributed by atoms with E-state index in [0.717, 1.165) is 26.0 Å². The molecule has 0 saturated carbocycles. The molecule has 6 heteroatoms. The number of hydrogen-bond donors (Lipinski definition) is 3. The molecule has 3 N–H and O–H groups in total. The molecule has 1 fully saturated rings. The van der Waals surface area contributed by atoms with Crippen molar-refractivity contribution in [3.63, 3.8) is 0 Å². The summed E-state index contributed by atoms with van der Waals surface area (Å²) in [5, 5.41) is 16.2. The second kappa shape index (κ2) is 22.3. The van der Waals surface area contributed by atoms with Gasteiger partial charge in [-0.2, -0.15) is 0 Å². The zero-order chi connectivity index (χ0) is 30.8. The second-order valence-electron chi connectivity index (χ2n) is 11.5. The van der Waals surface area contributed by atoms with Crippen molar-refractivity contribution in [2.75, 3.05) is 32.9 Å². The maximum Gasteiger partial charge on any atom is 0.157 e. The Hall–Kier alpha value is -3.26. The third-order valence-electron chi connectivity index (χ3n) is 8.35. The van der Waals surface area contributed by atoms with E-state index in [1.54, 1.807) is 0 Å². The number of hydrogen-bond acceptors (Lipinski definition) is 5.